The van der Waals surface area contributed by atoms with Gasteiger partial charge >= 0.3 is 0 Å². The minimum absolute atomic E-state index is 0.648. The summed E-state index contributed by atoms with van der Waals surface area (Å²) in [6.45, 7) is 3.18. The number of hydrogen-bond acceptors (Lipinski definition) is 3. The van der Waals surface area contributed by atoms with E-state index in [1.165, 1.54) is 34.9 Å². The van der Waals surface area contributed by atoms with E-state index in [-0.39, 0.29) is 0 Å². The Balaban J connectivity index is 1.79. The Morgan fingerprint density at radius 1 is 1.26 bits per heavy atom. The van der Waals surface area contributed by atoms with E-state index in [1.807, 2.05) is 0 Å². The summed E-state index contributed by atoms with van der Waals surface area (Å²) in [7, 11) is 1.74. The lowest BCUT2D eigenvalue weighted by molar-refractivity contribution is 0.415. The van der Waals surface area contributed by atoms with Crippen molar-refractivity contribution in [3.63, 3.8) is 0 Å². The molecule has 120 valence electrons. The maximum absolute atomic E-state index is 5.46. The van der Waals surface area contributed by atoms with E-state index >= 15 is 0 Å². The number of nitrogens with zero attached hydrogens (tertiary/aromatic N) is 1. The number of thiophene rings is 1. The summed E-state index contributed by atoms with van der Waals surface area (Å²) in [5.74, 6) is 1.59. The normalized spacial score (nSPS) is 16.0. The van der Waals surface area contributed by atoms with Crippen LogP contribution in [-0.4, -0.2) is 24.8 Å². The zero-order chi connectivity index (χ0) is 15.6. The Morgan fingerprint density at radius 2 is 2.13 bits per heavy atom. The zero-order valence-electron chi connectivity index (χ0n) is 13.4. The van der Waals surface area contributed by atoms with Crippen molar-refractivity contribution in [1.82, 2.24) is 9.88 Å². The van der Waals surface area contributed by atoms with Gasteiger partial charge in [0.25, 0.3) is 0 Å². The highest BCUT2D eigenvalue weighted by atomic mass is 32.1. The van der Waals surface area contributed by atoms with Crippen LogP contribution in [-0.2, 0) is 6.54 Å². The molecular weight excluding hydrogens is 304 g/mol. The van der Waals surface area contributed by atoms with Gasteiger partial charge in [0, 0.05) is 23.6 Å². The quantitative estimate of drug-likeness (QED) is 0.776. The first-order valence-electron chi connectivity index (χ1n) is 8.24. The molecule has 3 nitrogen and oxygen atoms in total. The topological polar surface area (TPSA) is 26.2 Å². The van der Waals surface area contributed by atoms with Crippen molar-refractivity contribution in [1.29, 1.82) is 0 Å². The van der Waals surface area contributed by atoms with Crippen molar-refractivity contribution in [2.24, 2.45) is 0 Å². The molecule has 4 rings (SSSR count). The maximum atomic E-state index is 5.46. The molecule has 0 spiro atoms. The molecule has 0 saturated carbocycles. The number of aromatic nitrogens is 1. The number of ether oxygens (including phenoxy) is 1. The molecule has 0 aliphatic carbocycles. The number of hydrogen-bond donors (Lipinski definition) is 1. The molecule has 0 amide bonds. The van der Waals surface area contributed by atoms with Crippen molar-refractivity contribution >= 4 is 22.2 Å². The van der Waals surface area contributed by atoms with Crippen LogP contribution < -0.4 is 10.1 Å². The highest BCUT2D eigenvalue weighted by Crippen LogP contribution is 2.35. The minimum Gasteiger partial charge on any atom is -0.497 e. The molecular formula is C19H22N2OS. The highest BCUT2D eigenvalue weighted by molar-refractivity contribution is 7.07. The Hall–Kier alpha value is -1.78. The van der Waals surface area contributed by atoms with Crippen LogP contribution in [0.3, 0.4) is 0 Å². The number of nitrogens with one attached hydrogen (secondary N) is 1. The molecule has 1 N–H and O–H groups in total. The second-order valence-electron chi connectivity index (χ2n) is 6.25. The van der Waals surface area contributed by atoms with Gasteiger partial charge in [-0.25, -0.2) is 0 Å². The number of methoxy groups -OCH3 is 1. The van der Waals surface area contributed by atoms with Crippen LogP contribution in [0.1, 0.15) is 29.9 Å². The lowest BCUT2D eigenvalue weighted by Crippen LogP contribution is -2.26. The van der Waals surface area contributed by atoms with Gasteiger partial charge in [-0.3, -0.25) is 0 Å². The second kappa shape index (κ2) is 6.38. The summed E-state index contributed by atoms with van der Waals surface area (Å²) < 4.78 is 7.86. The van der Waals surface area contributed by atoms with Gasteiger partial charge in [0.05, 0.1) is 7.11 Å². The lowest BCUT2D eigenvalue weighted by Gasteiger charge is -2.22. The number of benzene rings is 1. The van der Waals surface area contributed by atoms with Gasteiger partial charge in [-0.05, 0) is 78.0 Å². The van der Waals surface area contributed by atoms with Crippen LogP contribution in [0.15, 0.2) is 41.2 Å². The third-order valence-electron chi connectivity index (χ3n) is 4.83. The van der Waals surface area contributed by atoms with Gasteiger partial charge in [-0.1, -0.05) is 0 Å². The smallest absolute Gasteiger partial charge is 0.119 e. The molecule has 1 aliphatic heterocycles. The predicted molar refractivity (Wildman–Crippen MR) is 96.8 cm³/mol. The van der Waals surface area contributed by atoms with E-state index in [2.05, 4.69) is 51.1 Å². The first-order valence-corrected chi connectivity index (χ1v) is 9.18. The van der Waals surface area contributed by atoms with E-state index in [9.17, 15) is 0 Å². The summed E-state index contributed by atoms with van der Waals surface area (Å²) in [5.41, 5.74) is 4.17. The Morgan fingerprint density at radius 3 is 2.87 bits per heavy atom. The predicted octanol–water partition coefficient (Wildman–Crippen LogP) is 4.23. The molecule has 1 saturated heterocycles. The minimum atomic E-state index is 0.648. The average Bonchev–Trinajstić information content (AvgIpc) is 3.24. The van der Waals surface area contributed by atoms with Gasteiger partial charge in [0.2, 0.25) is 0 Å². The second-order valence-corrected chi connectivity index (χ2v) is 7.03. The molecule has 0 radical (unpaired) electrons. The van der Waals surface area contributed by atoms with Crippen molar-refractivity contribution in [3.05, 3.63) is 52.3 Å². The summed E-state index contributed by atoms with van der Waals surface area (Å²) in [6, 6.07) is 8.69. The summed E-state index contributed by atoms with van der Waals surface area (Å²) >= 11 is 1.76. The van der Waals surface area contributed by atoms with Gasteiger partial charge < -0.3 is 14.6 Å². The van der Waals surface area contributed by atoms with E-state index in [0.29, 0.717) is 5.92 Å². The monoisotopic (exact) mass is 326 g/mol. The van der Waals surface area contributed by atoms with Crippen LogP contribution in [0.2, 0.25) is 0 Å². The fraction of sp³-hybridized carbons (Fsp3) is 0.368. The number of rotatable bonds is 4. The van der Waals surface area contributed by atoms with Crippen LogP contribution in [0, 0.1) is 0 Å². The van der Waals surface area contributed by atoms with E-state index in [0.717, 1.165) is 25.4 Å². The van der Waals surface area contributed by atoms with Crippen LogP contribution >= 0.6 is 11.3 Å². The SMILES string of the molecule is COc1ccc2c(c1)c(C1CCNCC1)cn2Cc1ccsc1. The van der Waals surface area contributed by atoms with E-state index in [1.54, 1.807) is 18.4 Å². The van der Waals surface area contributed by atoms with Crippen molar-refractivity contribution in [2.75, 3.05) is 20.2 Å². The average molecular weight is 326 g/mol. The Labute approximate surface area is 140 Å². The third-order valence-corrected chi connectivity index (χ3v) is 5.56. The largest absolute Gasteiger partial charge is 0.497 e. The van der Waals surface area contributed by atoms with Gasteiger partial charge in [-0.2, -0.15) is 11.3 Å². The number of piperidine rings is 1. The fourth-order valence-corrected chi connectivity index (χ4v) is 4.26. The fourth-order valence-electron chi connectivity index (χ4n) is 3.60. The standard InChI is InChI=1S/C19H22N2OS/c1-22-16-2-3-19-17(10-16)18(15-4-7-20-8-5-15)12-21(19)11-14-6-9-23-13-14/h2-3,6,9-10,12-13,15,20H,4-5,7-8,11H2,1H3. The Bertz CT molecular complexity index is 785. The third kappa shape index (κ3) is 2.89. The van der Waals surface area contributed by atoms with Crippen molar-refractivity contribution in [2.45, 2.75) is 25.3 Å². The lowest BCUT2D eigenvalue weighted by atomic mass is 9.90. The van der Waals surface area contributed by atoms with Crippen LogP contribution in [0.5, 0.6) is 5.75 Å². The molecule has 3 heterocycles. The van der Waals surface area contributed by atoms with E-state index in [4.69, 9.17) is 4.74 Å². The summed E-state index contributed by atoms with van der Waals surface area (Å²) in [4.78, 5) is 0. The van der Waals surface area contributed by atoms with Crippen LogP contribution in [0.4, 0.5) is 0 Å². The summed E-state index contributed by atoms with van der Waals surface area (Å²) in [5, 5.41) is 9.21. The van der Waals surface area contributed by atoms with Crippen molar-refractivity contribution < 1.29 is 4.74 Å². The maximum Gasteiger partial charge on any atom is 0.119 e. The zero-order valence-corrected chi connectivity index (χ0v) is 14.2. The van der Waals surface area contributed by atoms with Gasteiger partial charge in [0.1, 0.15) is 5.75 Å². The number of fused-ring (bicyclic) bond motifs is 1. The summed E-state index contributed by atoms with van der Waals surface area (Å²) in [6.07, 6.45) is 4.81. The molecule has 3 aromatic rings. The van der Waals surface area contributed by atoms with Gasteiger partial charge in [-0.15, -0.1) is 0 Å². The Kier molecular flexibility index (Phi) is 4.10. The van der Waals surface area contributed by atoms with Gasteiger partial charge in [0.15, 0.2) is 0 Å². The highest BCUT2D eigenvalue weighted by Gasteiger charge is 2.20. The molecule has 2 aromatic heterocycles. The first kappa shape index (κ1) is 14.8. The molecule has 1 fully saturated rings. The molecule has 1 aliphatic rings. The van der Waals surface area contributed by atoms with Crippen molar-refractivity contribution in [3.8, 4) is 5.75 Å². The molecule has 0 atom stereocenters. The molecule has 0 unspecified atom stereocenters. The molecule has 1 aromatic carbocycles. The van der Waals surface area contributed by atoms with Crippen LogP contribution in [0.25, 0.3) is 10.9 Å². The molecule has 23 heavy (non-hydrogen) atoms. The molecule has 4 heteroatoms. The molecule has 0 bridgehead atoms. The van der Waals surface area contributed by atoms with E-state index < -0.39 is 0 Å². The first-order chi connectivity index (χ1) is 11.3.